The molecular weight excluding hydrogens is 458 g/mol. The normalized spacial score (nSPS) is 30.8. The molecule has 6 atom stereocenters. The average Bonchev–Trinajstić information content (AvgIpc) is 3.24. The van der Waals surface area contributed by atoms with Crippen LogP contribution in [0.4, 0.5) is 0 Å². The Labute approximate surface area is 223 Å². The molecule has 2 aromatic rings. The van der Waals surface area contributed by atoms with Crippen molar-refractivity contribution in [2.24, 2.45) is 34.8 Å². The number of aromatic hydroxyl groups is 1. The fourth-order valence-electron chi connectivity index (χ4n) is 8.61. The van der Waals surface area contributed by atoms with Gasteiger partial charge in [0.2, 0.25) is 0 Å². The molecule has 0 spiro atoms. The van der Waals surface area contributed by atoms with Crippen molar-refractivity contribution < 1.29 is 14.6 Å². The Balaban J connectivity index is 1.26. The van der Waals surface area contributed by atoms with Crippen LogP contribution >= 0.6 is 0 Å². The lowest BCUT2D eigenvalue weighted by Crippen LogP contribution is -2.45. The zero-order valence-corrected chi connectivity index (χ0v) is 23.6. The van der Waals surface area contributed by atoms with Gasteiger partial charge in [0.05, 0.1) is 13.7 Å². The van der Waals surface area contributed by atoms with Crippen LogP contribution in [0.2, 0.25) is 0 Å². The molecule has 4 nitrogen and oxygen atoms in total. The number of ether oxygens (including phenoxy) is 2. The van der Waals surface area contributed by atoms with Crippen LogP contribution in [0.25, 0.3) is 0 Å². The Morgan fingerprint density at radius 2 is 1.84 bits per heavy atom. The van der Waals surface area contributed by atoms with Gasteiger partial charge in [0, 0.05) is 5.54 Å². The molecule has 3 aliphatic rings. The summed E-state index contributed by atoms with van der Waals surface area (Å²) >= 11 is 0. The Morgan fingerprint density at radius 1 is 1.05 bits per heavy atom. The summed E-state index contributed by atoms with van der Waals surface area (Å²) in [6.45, 7) is 10.0. The van der Waals surface area contributed by atoms with Gasteiger partial charge in [0.1, 0.15) is 5.75 Å². The van der Waals surface area contributed by atoms with E-state index >= 15 is 0 Å². The fraction of sp³-hybridized carbons (Fsp3) is 0.636. The smallest absolute Gasteiger partial charge is 0.161 e. The second-order valence-corrected chi connectivity index (χ2v) is 12.5. The number of hydrogen-bond acceptors (Lipinski definition) is 4. The van der Waals surface area contributed by atoms with Crippen LogP contribution in [0.5, 0.6) is 17.2 Å². The van der Waals surface area contributed by atoms with E-state index in [-0.39, 0.29) is 5.54 Å². The van der Waals surface area contributed by atoms with Crippen LogP contribution in [0.1, 0.15) is 95.2 Å². The fourth-order valence-corrected chi connectivity index (χ4v) is 8.61. The highest BCUT2D eigenvalue weighted by Gasteiger charge is 2.55. The van der Waals surface area contributed by atoms with Crippen molar-refractivity contribution in [1.29, 1.82) is 0 Å². The predicted octanol–water partition coefficient (Wildman–Crippen LogP) is 7.56. The first-order chi connectivity index (χ1) is 17.7. The highest BCUT2D eigenvalue weighted by molar-refractivity contribution is 5.45. The zero-order chi connectivity index (χ0) is 26.4. The van der Waals surface area contributed by atoms with E-state index in [1.54, 1.807) is 7.11 Å². The van der Waals surface area contributed by atoms with Crippen molar-refractivity contribution in [2.75, 3.05) is 13.7 Å². The molecule has 3 N–H and O–H groups in total. The number of fused-ring (bicyclic) bond motifs is 5. The largest absolute Gasteiger partial charge is 0.508 e. The van der Waals surface area contributed by atoms with E-state index in [1.165, 1.54) is 36.8 Å². The van der Waals surface area contributed by atoms with Crippen molar-refractivity contribution >= 4 is 0 Å². The van der Waals surface area contributed by atoms with Crippen molar-refractivity contribution in [3.8, 4) is 17.2 Å². The first-order valence-electron chi connectivity index (χ1n) is 14.7. The third-order valence-electron chi connectivity index (χ3n) is 11.0. The molecule has 202 valence electrons. The van der Waals surface area contributed by atoms with Crippen molar-refractivity contribution in [2.45, 2.75) is 90.5 Å². The molecule has 4 unspecified atom stereocenters. The van der Waals surface area contributed by atoms with Crippen LogP contribution in [0.3, 0.4) is 0 Å². The molecular formula is C33H47NO3. The second-order valence-electron chi connectivity index (χ2n) is 12.5. The molecule has 0 radical (unpaired) electrons. The van der Waals surface area contributed by atoms with Gasteiger partial charge in [-0.15, -0.1) is 0 Å². The van der Waals surface area contributed by atoms with E-state index in [0.717, 1.165) is 61.2 Å². The van der Waals surface area contributed by atoms with E-state index in [9.17, 15) is 5.11 Å². The number of rotatable bonds is 8. The number of nitrogens with two attached hydrogens (primary N) is 1. The summed E-state index contributed by atoms with van der Waals surface area (Å²) in [4.78, 5) is 0. The lowest BCUT2D eigenvalue weighted by molar-refractivity contribution is 0.000861. The molecule has 0 bridgehead atoms. The maximum absolute atomic E-state index is 10.0. The third-order valence-corrected chi connectivity index (χ3v) is 11.0. The van der Waals surface area contributed by atoms with Crippen LogP contribution in [-0.2, 0) is 12.0 Å². The highest BCUT2D eigenvalue weighted by Crippen LogP contribution is 2.64. The van der Waals surface area contributed by atoms with Gasteiger partial charge in [0.15, 0.2) is 11.5 Å². The van der Waals surface area contributed by atoms with Gasteiger partial charge in [0.25, 0.3) is 0 Å². The van der Waals surface area contributed by atoms with Crippen molar-refractivity contribution in [3.63, 3.8) is 0 Å². The molecule has 0 aliphatic heterocycles. The van der Waals surface area contributed by atoms with Gasteiger partial charge < -0.3 is 20.3 Å². The summed E-state index contributed by atoms with van der Waals surface area (Å²) in [6, 6.07) is 12.4. The molecule has 0 saturated heterocycles. The summed E-state index contributed by atoms with van der Waals surface area (Å²) < 4.78 is 12.1. The molecule has 2 saturated carbocycles. The maximum Gasteiger partial charge on any atom is 0.161 e. The summed E-state index contributed by atoms with van der Waals surface area (Å²) in [5, 5.41) is 10.0. The molecule has 37 heavy (non-hydrogen) atoms. The Morgan fingerprint density at radius 3 is 2.57 bits per heavy atom. The zero-order valence-electron chi connectivity index (χ0n) is 23.6. The summed E-state index contributed by atoms with van der Waals surface area (Å²) in [6.07, 6.45) is 9.18. The van der Waals surface area contributed by atoms with Crippen molar-refractivity contribution in [1.82, 2.24) is 0 Å². The lowest BCUT2D eigenvalue weighted by Gasteiger charge is -2.53. The Bertz CT molecular complexity index is 1110. The van der Waals surface area contributed by atoms with E-state index in [0.29, 0.717) is 28.9 Å². The van der Waals surface area contributed by atoms with Crippen LogP contribution in [-0.4, -0.2) is 18.8 Å². The lowest BCUT2D eigenvalue weighted by atomic mass is 9.51. The van der Waals surface area contributed by atoms with Gasteiger partial charge in [-0.05, 0) is 127 Å². The number of phenols is 1. The molecule has 0 amide bonds. The molecule has 5 rings (SSSR count). The molecule has 2 fully saturated rings. The average molecular weight is 506 g/mol. The van der Waals surface area contributed by atoms with Gasteiger partial charge in [-0.3, -0.25) is 0 Å². The number of methoxy groups -OCH3 is 1. The topological polar surface area (TPSA) is 64.7 Å². The standard InChI is InChI=1S/C33H47NO3/c1-6-33(34,7-2)24-9-13-29(30(20-24)36-5)37-17-15-23-8-12-28-31-21(3)18-22-19-25(35)10-11-26(22)27(31)14-16-32(23,28)4/h9-11,13,19-21,23,27-28,31,35H,6-8,12,14-18,34H2,1-5H3/t21-,23-,27?,28?,31?,32?/m1/s1. The van der Waals surface area contributed by atoms with Crippen molar-refractivity contribution in [3.05, 3.63) is 53.1 Å². The minimum Gasteiger partial charge on any atom is -0.508 e. The minimum absolute atomic E-state index is 0.324. The minimum atomic E-state index is -0.324. The number of hydrogen-bond donors (Lipinski definition) is 2. The van der Waals surface area contributed by atoms with Gasteiger partial charge in [-0.2, -0.15) is 0 Å². The van der Waals surface area contributed by atoms with E-state index in [4.69, 9.17) is 15.2 Å². The quantitative estimate of drug-likeness (QED) is 0.388. The SMILES string of the molecule is CCC(N)(CC)c1ccc(OCC[C@H]2CCC3C4C(CCC32C)c2ccc(O)cc2C[C@H]4C)c(OC)c1. The predicted molar refractivity (Wildman–Crippen MR) is 150 cm³/mol. The molecule has 4 heteroatoms. The molecule has 3 aliphatic carbocycles. The summed E-state index contributed by atoms with van der Waals surface area (Å²) in [5.74, 6) is 5.57. The first-order valence-corrected chi connectivity index (χ1v) is 14.7. The third kappa shape index (κ3) is 4.54. The van der Waals surface area contributed by atoms with Gasteiger partial charge >= 0.3 is 0 Å². The summed E-state index contributed by atoms with van der Waals surface area (Å²) in [5.41, 5.74) is 10.7. The molecule has 0 aromatic heterocycles. The molecule has 2 aromatic carbocycles. The Kier molecular flexibility index (Phi) is 7.26. The van der Waals surface area contributed by atoms with Gasteiger partial charge in [-0.1, -0.05) is 39.8 Å². The molecule has 0 heterocycles. The number of phenolic OH excluding ortho intramolecular Hbond substituents is 1. The van der Waals surface area contributed by atoms with Crippen LogP contribution in [0.15, 0.2) is 36.4 Å². The Hall–Kier alpha value is -2.20. The first kappa shape index (κ1) is 26.4. The van der Waals surface area contributed by atoms with E-state index < -0.39 is 0 Å². The van der Waals surface area contributed by atoms with E-state index in [2.05, 4.69) is 45.9 Å². The van der Waals surface area contributed by atoms with Crippen LogP contribution in [0, 0.1) is 29.1 Å². The summed E-state index contributed by atoms with van der Waals surface area (Å²) in [7, 11) is 1.72. The van der Waals surface area contributed by atoms with Crippen LogP contribution < -0.4 is 15.2 Å². The highest BCUT2D eigenvalue weighted by atomic mass is 16.5. The van der Waals surface area contributed by atoms with E-state index in [1.807, 2.05) is 18.2 Å². The second kappa shape index (κ2) is 10.2. The monoisotopic (exact) mass is 505 g/mol. The van der Waals surface area contributed by atoms with Gasteiger partial charge in [-0.25, -0.2) is 0 Å². The maximum atomic E-state index is 10.0. The number of benzene rings is 2.